The van der Waals surface area contributed by atoms with Crippen molar-refractivity contribution >= 4 is 5.91 Å². The molecular weight excluding hydrogens is 332 g/mol. The van der Waals surface area contributed by atoms with Crippen molar-refractivity contribution in [3.05, 3.63) is 40.7 Å². The van der Waals surface area contributed by atoms with E-state index in [0.717, 1.165) is 46.9 Å². The van der Waals surface area contributed by atoms with Crippen molar-refractivity contribution in [2.75, 3.05) is 6.54 Å². The Balaban J connectivity index is 1.62. The summed E-state index contributed by atoms with van der Waals surface area (Å²) < 4.78 is 7.01. The number of nitrogens with zero attached hydrogens (tertiary/aromatic N) is 5. The lowest BCUT2D eigenvalue weighted by molar-refractivity contribution is 0.0725. The van der Waals surface area contributed by atoms with E-state index in [9.17, 15) is 4.79 Å². The van der Waals surface area contributed by atoms with Gasteiger partial charge >= 0.3 is 0 Å². The summed E-state index contributed by atoms with van der Waals surface area (Å²) in [6, 6.07) is 3.66. The highest BCUT2D eigenvalue weighted by atomic mass is 16.5. The van der Waals surface area contributed by atoms with E-state index < -0.39 is 0 Å². The van der Waals surface area contributed by atoms with Crippen LogP contribution in [0.5, 0.6) is 0 Å². The molecular formula is C18H22N6O2. The van der Waals surface area contributed by atoms with Gasteiger partial charge in [0.25, 0.3) is 5.91 Å². The van der Waals surface area contributed by atoms with Crippen molar-refractivity contribution < 1.29 is 9.32 Å². The van der Waals surface area contributed by atoms with Crippen molar-refractivity contribution in [3.8, 4) is 11.3 Å². The summed E-state index contributed by atoms with van der Waals surface area (Å²) >= 11 is 0. The zero-order valence-electron chi connectivity index (χ0n) is 15.4. The Morgan fingerprint density at radius 1 is 1.31 bits per heavy atom. The maximum Gasteiger partial charge on any atom is 0.272 e. The van der Waals surface area contributed by atoms with Crippen molar-refractivity contribution in [2.24, 2.45) is 7.05 Å². The minimum atomic E-state index is -0.0638. The highest BCUT2D eigenvalue weighted by molar-refractivity contribution is 5.94. The molecule has 0 aromatic carbocycles. The van der Waals surface area contributed by atoms with Crippen molar-refractivity contribution in [2.45, 2.75) is 39.7 Å². The third-order valence-electron chi connectivity index (χ3n) is 5.07. The molecule has 4 rings (SSSR count). The number of hydrogen-bond acceptors (Lipinski definition) is 5. The van der Waals surface area contributed by atoms with E-state index >= 15 is 0 Å². The molecule has 1 fully saturated rings. The molecule has 1 aliphatic rings. The number of amides is 1. The molecule has 3 aromatic rings. The Bertz CT molecular complexity index is 966. The van der Waals surface area contributed by atoms with Gasteiger partial charge in [-0.15, -0.1) is 0 Å². The minimum Gasteiger partial charge on any atom is -0.361 e. The maximum absolute atomic E-state index is 13.0. The SMILES string of the molecule is Cc1cc(C2CCCN2C(=O)c2cc(-c3c(C)nn(C)c3C)n[nH]2)no1. The fourth-order valence-corrected chi connectivity index (χ4v) is 3.72. The first-order chi connectivity index (χ1) is 12.5. The van der Waals surface area contributed by atoms with Gasteiger partial charge < -0.3 is 9.42 Å². The number of nitrogens with one attached hydrogen (secondary N) is 1. The van der Waals surface area contributed by atoms with Gasteiger partial charge in [0.15, 0.2) is 0 Å². The maximum atomic E-state index is 13.0. The van der Waals surface area contributed by atoms with Crippen LogP contribution in [0.4, 0.5) is 0 Å². The second-order valence-corrected chi connectivity index (χ2v) is 6.86. The van der Waals surface area contributed by atoms with Gasteiger partial charge in [0.2, 0.25) is 0 Å². The first kappa shape index (κ1) is 16.6. The number of H-pyrrole nitrogens is 1. The fourth-order valence-electron chi connectivity index (χ4n) is 3.72. The van der Waals surface area contributed by atoms with Crippen LogP contribution in [0.2, 0.25) is 0 Å². The number of rotatable bonds is 3. The van der Waals surface area contributed by atoms with Crippen LogP contribution in [0.3, 0.4) is 0 Å². The van der Waals surface area contributed by atoms with Crippen LogP contribution in [0.1, 0.15) is 52.2 Å². The number of likely N-dealkylation sites (tertiary alicyclic amines) is 1. The molecule has 1 saturated heterocycles. The van der Waals surface area contributed by atoms with Gasteiger partial charge in [-0.3, -0.25) is 14.6 Å². The molecule has 0 saturated carbocycles. The summed E-state index contributed by atoms with van der Waals surface area (Å²) in [6.07, 6.45) is 1.84. The monoisotopic (exact) mass is 354 g/mol. The number of carbonyl (C=O) groups is 1. The first-order valence-corrected chi connectivity index (χ1v) is 8.76. The number of aryl methyl sites for hydroxylation is 3. The van der Waals surface area contributed by atoms with Gasteiger partial charge in [-0.05, 0) is 39.7 Å². The lowest BCUT2D eigenvalue weighted by Gasteiger charge is -2.22. The van der Waals surface area contributed by atoms with Crippen LogP contribution in [0.15, 0.2) is 16.7 Å². The van der Waals surface area contributed by atoms with Crippen molar-refractivity contribution in [3.63, 3.8) is 0 Å². The molecule has 0 radical (unpaired) electrons. The van der Waals surface area contributed by atoms with E-state index in [-0.39, 0.29) is 11.9 Å². The molecule has 1 amide bonds. The Morgan fingerprint density at radius 2 is 2.12 bits per heavy atom. The van der Waals surface area contributed by atoms with Crippen LogP contribution in [0.25, 0.3) is 11.3 Å². The van der Waals surface area contributed by atoms with Gasteiger partial charge in [-0.1, -0.05) is 5.16 Å². The lowest BCUT2D eigenvalue weighted by Crippen LogP contribution is -2.31. The van der Waals surface area contributed by atoms with Crippen molar-refractivity contribution in [1.29, 1.82) is 0 Å². The molecule has 1 unspecified atom stereocenters. The Hall–Kier alpha value is -2.90. The van der Waals surface area contributed by atoms with Gasteiger partial charge in [-0.2, -0.15) is 10.2 Å². The summed E-state index contributed by atoms with van der Waals surface area (Å²) in [5, 5.41) is 15.8. The average Bonchev–Trinajstić information content (AvgIpc) is 3.36. The zero-order chi connectivity index (χ0) is 18.4. The first-order valence-electron chi connectivity index (χ1n) is 8.76. The minimum absolute atomic E-state index is 0.0476. The lowest BCUT2D eigenvalue weighted by atomic mass is 10.1. The highest BCUT2D eigenvalue weighted by Gasteiger charge is 2.33. The normalized spacial score (nSPS) is 17.2. The van der Waals surface area contributed by atoms with Crippen LogP contribution in [0, 0.1) is 20.8 Å². The standard InChI is InChI=1S/C18H22N6O2/c1-10-8-13(22-26-10)16-6-5-7-24(16)18(25)15-9-14(19-20-15)17-11(2)21-23(4)12(17)3/h8-9,16H,5-7H2,1-4H3,(H,19,20). The largest absolute Gasteiger partial charge is 0.361 e. The Labute approximate surface area is 151 Å². The predicted molar refractivity (Wildman–Crippen MR) is 94.5 cm³/mol. The third kappa shape index (κ3) is 2.61. The number of hydrogen-bond donors (Lipinski definition) is 1. The highest BCUT2D eigenvalue weighted by Crippen LogP contribution is 2.33. The van der Waals surface area contributed by atoms with Crippen molar-refractivity contribution in [1.82, 2.24) is 30.0 Å². The third-order valence-corrected chi connectivity index (χ3v) is 5.07. The molecule has 8 nitrogen and oxygen atoms in total. The summed E-state index contributed by atoms with van der Waals surface area (Å²) in [7, 11) is 1.90. The van der Waals surface area contributed by atoms with E-state index in [0.29, 0.717) is 12.2 Å². The molecule has 1 atom stereocenters. The molecule has 1 N–H and O–H groups in total. The number of carbonyl (C=O) groups excluding carboxylic acids is 1. The van der Waals surface area contributed by atoms with Gasteiger partial charge in [0.05, 0.1) is 17.4 Å². The topological polar surface area (TPSA) is 92.8 Å². The molecule has 3 aromatic heterocycles. The summed E-state index contributed by atoms with van der Waals surface area (Å²) in [5.74, 6) is 0.691. The quantitative estimate of drug-likeness (QED) is 0.780. The van der Waals surface area contributed by atoms with Crippen LogP contribution in [-0.2, 0) is 7.05 Å². The number of aromatic amines is 1. The summed E-state index contributed by atoms with van der Waals surface area (Å²) in [4.78, 5) is 14.9. The summed E-state index contributed by atoms with van der Waals surface area (Å²) in [6.45, 7) is 6.50. The average molecular weight is 354 g/mol. The molecule has 0 bridgehead atoms. The molecule has 136 valence electrons. The van der Waals surface area contributed by atoms with Gasteiger partial charge in [-0.25, -0.2) is 0 Å². The Morgan fingerprint density at radius 3 is 2.77 bits per heavy atom. The van der Waals surface area contributed by atoms with E-state index in [1.54, 1.807) is 0 Å². The molecule has 0 spiro atoms. The molecule has 8 heteroatoms. The smallest absolute Gasteiger partial charge is 0.272 e. The fraction of sp³-hybridized carbons (Fsp3) is 0.444. The molecule has 1 aliphatic heterocycles. The Kier molecular flexibility index (Phi) is 3.90. The van der Waals surface area contributed by atoms with E-state index in [1.165, 1.54) is 0 Å². The van der Waals surface area contributed by atoms with Crippen LogP contribution in [-0.4, -0.2) is 42.5 Å². The van der Waals surface area contributed by atoms with E-state index in [2.05, 4.69) is 20.5 Å². The zero-order valence-corrected chi connectivity index (χ0v) is 15.4. The van der Waals surface area contributed by atoms with Gasteiger partial charge in [0, 0.05) is 30.9 Å². The summed E-state index contributed by atoms with van der Waals surface area (Å²) in [5.41, 5.74) is 4.91. The second-order valence-electron chi connectivity index (χ2n) is 6.86. The second kappa shape index (κ2) is 6.12. The van der Waals surface area contributed by atoms with Crippen LogP contribution >= 0.6 is 0 Å². The predicted octanol–water partition coefficient (Wildman–Crippen LogP) is 2.70. The van der Waals surface area contributed by atoms with Crippen LogP contribution < -0.4 is 0 Å². The molecule has 4 heterocycles. The number of aromatic nitrogens is 5. The van der Waals surface area contributed by atoms with E-state index in [4.69, 9.17) is 4.52 Å². The van der Waals surface area contributed by atoms with Gasteiger partial charge in [0.1, 0.15) is 17.1 Å². The molecule has 0 aliphatic carbocycles. The van der Waals surface area contributed by atoms with E-state index in [1.807, 2.05) is 49.5 Å². The molecule has 26 heavy (non-hydrogen) atoms.